The molecular formula is C22H24FN3O2S. The van der Waals surface area contributed by atoms with Gasteiger partial charge in [0.2, 0.25) is 0 Å². The highest BCUT2D eigenvalue weighted by molar-refractivity contribution is 7.20. The number of piperidine rings is 1. The van der Waals surface area contributed by atoms with Crippen LogP contribution in [0.5, 0.6) is 0 Å². The molecule has 0 bridgehead atoms. The van der Waals surface area contributed by atoms with Gasteiger partial charge in [0.25, 0.3) is 11.5 Å². The Bertz CT molecular complexity index is 1120. The number of hydrogen-bond donors (Lipinski definition) is 0. The molecular weight excluding hydrogens is 389 g/mol. The highest BCUT2D eigenvalue weighted by Gasteiger charge is 2.29. The molecule has 1 aromatic carbocycles. The van der Waals surface area contributed by atoms with Crippen LogP contribution in [0.3, 0.4) is 0 Å². The van der Waals surface area contributed by atoms with Crippen molar-refractivity contribution in [2.75, 3.05) is 6.54 Å². The van der Waals surface area contributed by atoms with Gasteiger partial charge in [-0.3, -0.25) is 14.2 Å². The van der Waals surface area contributed by atoms with Gasteiger partial charge in [-0.05, 0) is 44.2 Å². The number of halogens is 1. The van der Waals surface area contributed by atoms with Crippen LogP contribution in [-0.4, -0.2) is 32.9 Å². The Labute approximate surface area is 172 Å². The van der Waals surface area contributed by atoms with Gasteiger partial charge in [-0.15, -0.1) is 11.3 Å². The van der Waals surface area contributed by atoms with E-state index in [1.807, 2.05) is 11.8 Å². The van der Waals surface area contributed by atoms with Crippen molar-refractivity contribution >= 4 is 27.5 Å². The molecule has 3 heterocycles. The molecule has 4 rings (SSSR count). The second kappa shape index (κ2) is 8.06. The first-order chi connectivity index (χ1) is 14.0. The summed E-state index contributed by atoms with van der Waals surface area (Å²) >= 11 is 1.28. The topological polar surface area (TPSA) is 55.2 Å². The highest BCUT2D eigenvalue weighted by atomic mass is 32.1. The van der Waals surface area contributed by atoms with Crippen LogP contribution in [-0.2, 0) is 6.54 Å². The van der Waals surface area contributed by atoms with Gasteiger partial charge in [-0.25, -0.2) is 9.37 Å². The summed E-state index contributed by atoms with van der Waals surface area (Å²) in [6, 6.07) is 6.65. The first kappa shape index (κ1) is 19.8. The number of carbonyl (C=O) groups excluding carboxylic acids is 1. The van der Waals surface area contributed by atoms with Crippen LogP contribution < -0.4 is 5.56 Å². The van der Waals surface area contributed by atoms with Gasteiger partial charge in [0.15, 0.2) is 0 Å². The van der Waals surface area contributed by atoms with Gasteiger partial charge in [-0.2, -0.15) is 0 Å². The molecule has 1 fully saturated rings. The molecule has 3 aromatic rings. The van der Waals surface area contributed by atoms with Gasteiger partial charge in [-0.1, -0.05) is 25.1 Å². The van der Waals surface area contributed by atoms with Crippen molar-refractivity contribution in [1.29, 1.82) is 0 Å². The Morgan fingerprint density at radius 3 is 2.86 bits per heavy atom. The molecule has 0 saturated carbocycles. The van der Waals surface area contributed by atoms with Crippen LogP contribution in [0.25, 0.3) is 10.2 Å². The van der Waals surface area contributed by atoms with E-state index in [2.05, 4.69) is 11.9 Å². The molecule has 1 aliphatic heterocycles. The molecule has 0 aliphatic carbocycles. The molecule has 0 N–H and O–H groups in total. The quantitative estimate of drug-likeness (QED) is 0.639. The fourth-order valence-electron chi connectivity index (χ4n) is 4.11. The summed E-state index contributed by atoms with van der Waals surface area (Å²) in [5.41, 5.74) is 0.867. The Morgan fingerprint density at radius 2 is 2.10 bits per heavy atom. The lowest BCUT2D eigenvalue weighted by molar-refractivity contribution is 0.0612. The standard InChI is InChI=1S/C22H24FN3O2S/c1-3-16-9-6-7-11-26(16)22(28)19-14(2)18-20(29-19)24-13-25(21(18)27)12-15-8-4-5-10-17(15)23/h4-5,8,10,13,16H,3,6-7,9,11-12H2,1-2H3. The maximum Gasteiger partial charge on any atom is 0.264 e. The molecule has 7 heteroatoms. The average Bonchev–Trinajstić information content (AvgIpc) is 3.08. The molecule has 29 heavy (non-hydrogen) atoms. The Balaban J connectivity index is 1.72. The van der Waals surface area contributed by atoms with Crippen LogP contribution in [0.4, 0.5) is 4.39 Å². The smallest absolute Gasteiger partial charge is 0.264 e. The van der Waals surface area contributed by atoms with E-state index >= 15 is 0 Å². The summed E-state index contributed by atoms with van der Waals surface area (Å²) in [6.07, 6.45) is 5.57. The minimum Gasteiger partial charge on any atom is -0.335 e. The predicted octanol–water partition coefficient (Wildman–Crippen LogP) is 4.36. The lowest BCUT2D eigenvalue weighted by Crippen LogP contribution is -2.43. The van der Waals surface area contributed by atoms with E-state index in [4.69, 9.17) is 0 Å². The molecule has 1 saturated heterocycles. The van der Waals surface area contributed by atoms with E-state index in [-0.39, 0.29) is 29.9 Å². The summed E-state index contributed by atoms with van der Waals surface area (Å²) in [4.78, 5) is 33.8. The minimum absolute atomic E-state index is 0.00268. The van der Waals surface area contributed by atoms with E-state index in [1.54, 1.807) is 18.2 Å². The molecule has 5 nitrogen and oxygen atoms in total. The van der Waals surface area contributed by atoms with Gasteiger partial charge < -0.3 is 4.90 Å². The van der Waals surface area contributed by atoms with E-state index in [9.17, 15) is 14.0 Å². The summed E-state index contributed by atoms with van der Waals surface area (Å²) in [5.74, 6) is -0.356. The summed E-state index contributed by atoms with van der Waals surface area (Å²) in [5, 5.41) is 0.460. The van der Waals surface area contributed by atoms with Crippen molar-refractivity contribution < 1.29 is 9.18 Å². The molecule has 1 atom stereocenters. The number of likely N-dealkylation sites (tertiary alicyclic amines) is 1. The fourth-order valence-corrected chi connectivity index (χ4v) is 5.20. The van der Waals surface area contributed by atoms with Crippen molar-refractivity contribution in [2.24, 2.45) is 0 Å². The number of carbonyl (C=O) groups is 1. The number of hydrogen-bond acceptors (Lipinski definition) is 4. The number of aromatic nitrogens is 2. The zero-order chi connectivity index (χ0) is 20.5. The Morgan fingerprint density at radius 1 is 1.31 bits per heavy atom. The van der Waals surface area contributed by atoms with Crippen molar-refractivity contribution in [2.45, 2.75) is 52.1 Å². The molecule has 1 amide bonds. The lowest BCUT2D eigenvalue weighted by Gasteiger charge is -2.35. The fraction of sp³-hybridized carbons (Fsp3) is 0.409. The number of aryl methyl sites for hydroxylation is 1. The third kappa shape index (κ3) is 3.59. The van der Waals surface area contributed by atoms with Crippen LogP contribution in [0, 0.1) is 12.7 Å². The number of benzene rings is 1. The number of rotatable bonds is 4. The van der Waals surface area contributed by atoms with E-state index in [0.29, 0.717) is 26.2 Å². The van der Waals surface area contributed by atoms with Crippen LogP contribution in [0.15, 0.2) is 35.4 Å². The predicted molar refractivity (Wildman–Crippen MR) is 113 cm³/mol. The van der Waals surface area contributed by atoms with Gasteiger partial charge in [0.05, 0.1) is 23.1 Å². The lowest BCUT2D eigenvalue weighted by atomic mass is 9.99. The van der Waals surface area contributed by atoms with Crippen molar-refractivity contribution in [3.63, 3.8) is 0 Å². The molecule has 1 unspecified atom stereocenters. The highest BCUT2D eigenvalue weighted by Crippen LogP contribution is 2.30. The first-order valence-corrected chi connectivity index (χ1v) is 10.9. The number of nitrogens with zero attached hydrogens (tertiary/aromatic N) is 3. The third-order valence-electron chi connectivity index (χ3n) is 5.77. The summed E-state index contributed by atoms with van der Waals surface area (Å²) in [6.45, 7) is 4.79. The maximum atomic E-state index is 14.0. The Kier molecular flexibility index (Phi) is 5.50. The maximum absolute atomic E-state index is 14.0. The van der Waals surface area contributed by atoms with Crippen molar-refractivity contribution in [3.8, 4) is 0 Å². The number of amides is 1. The number of thiophene rings is 1. The molecule has 2 aromatic heterocycles. The monoisotopic (exact) mass is 413 g/mol. The number of fused-ring (bicyclic) bond motifs is 1. The third-order valence-corrected chi connectivity index (χ3v) is 6.96. The van der Waals surface area contributed by atoms with Crippen molar-refractivity contribution in [3.05, 3.63) is 62.8 Å². The second-order valence-corrected chi connectivity index (χ2v) is 8.56. The van der Waals surface area contributed by atoms with Gasteiger partial charge in [0.1, 0.15) is 10.6 Å². The van der Waals surface area contributed by atoms with Gasteiger partial charge in [0, 0.05) is 18.2 Å². The second-order valence-electron chi connectivity index (χ2n) is 7.56. The molecule has 0 radical (unpaired) electrons. The normalized spacial score (nSPS) is 17.1. The van der Waals surface area contributed by atoms with E-state index < -0.39 is 0 Å². The minimum atomic E-state index is -0.354. The Hall–Kier alpha value is -2.54. The largest absolute Gasteiger partial charge is 0.335 e. The zero-order valence-corrected chi connectivity index (χ0v) is 17.5. The van der Waals surface area contributed by atoms with Crippen LogP contribution in [0.1, 0.15) is 53.4 Å². The first-order valence-electron chi connectivity index (χ1n) is 10.0. The molecule has 1 aliphatic rings. The van der Waals surface area contributed by atoms with Crippen LogP contribution in [0.2, 0.25) is 0 Å². The van der Waals surface area contributed by atoms with E-state index in [0.717, 1.165) is 32.2 Å². The SMILES string of the molecule is CCC1CCCCN1C(=O)c1sc2ncn(Cc3ccccc3F)c(=O)c2c1C. The molecule has 152 valence electrons. The van der Waals surface area contributed by atoms with Gasteiger partial charge >= 0.3 is 0 Å². The zero-order valence-electron chi connectivity index (χ0n) is 16.7. The average molecular weight is 414 g/mol. The van der Waals surface area contributed by atoms with Crippen molar-refractivity contribution in [1.82, 2.24) is 14.5 Å². The summed E-state index contributed by atoms with van der Waals surface area (Å²) < 4.78 is 15.4. The molecule has 0 spiro atoms. The van der Waals surface area contributed by atoms with E-state index in [1.165, 1.54) is 28.3 Å². The van der Waals surface area contributed by atoms with Crippen LogP contribution >= 0.6 is 11.3 Å². The summed E-state index contributed by atoms with van der Waals surface area (Å²) in [7, 11) is 0.